The van der Waals surface area contributed by atoms with Crippen molar-refractivity contribution < 1.29 is 23.7 Å². The van der Waals surface area contributed by atoms with Crippen LogP contribution in [0.3, 0.4) is 0 Å². The monoisotopic (exact) mass is 349 g/mol. The Morgan fingerprint density at radius 3 is 2.92 bits per heavy atom. The van der Waals surface area contributed by atoms with E-state index in [0.29, 0.717) is 31.3 Å². The fourth-order valence-corrected chi connectivity index (χ4v) is 3.71. The lowest BCUT2D eigenvalue weighted by atomic mass is 9.89. The number of methoxy groups -OCH3 is 1. The van der Waals surface area contributed by atoms with Gasteiger partial charge in [-0.2, -0.15) is 0 Å². The number of para-hydroxylation sites is 2. The second-order valence-electron chi connectivity index (χ2n) is 6.63. The normalized spacial score (nSPS) is 26.0. The fourth-order valence-electron chi connectivity index (χ4n) is 3.71. The predicted octanol–water partition coefficient (Wildman–Crippen LogP) is 2.26. The number of carbonyl (C=O) groups excluding carboxylic acids is 1. The number of ether oxygens (including phenoxy) is 4. The molecule has 0 aromatic heterocycles. The molecule has 0 bridgehead atoms. The molecular formula is C19H27NO5. The van der Waals surface area contributed by atoms with Crippen molar-refractivity contribution in [3.05, 3.63) is 24.3 Å². The predicted molar refractivity (Wildman–Crippen MR) is 93.0 cm³/mol. The van der Waals surface area contributed by atoms with Crippen molar-refractivity contribution >= 4 is 5.91 Å². The summed E-state index contributed by atoms with van der Waals surface area (Å²) in [5.41, 5.74) is -0.252. The number of benzene rings is 1. The average Bonchev–Trinajstić information content (AvgIpc) is 3.02. The molecular weight excluding hydrogens is 322 g/mol. The third-order valence-corrected chi connectivity index (χ3v) is 4.89. The van der Waals surface area contributed by atoms with Gasteiger partial charge in [-0.25, -0.2) is 0 Å². The quantitative estimate of drug-likeness (QED) is 0.788. The van der Waals surface area contributed by atoms with Gasteiger partial charge in [0.15, 0.2) is 18.1 Å². The van der Waals surface area contributed by atoms with E-state index in [1.807, 2.05) is 30.0 Å². The van der Waals surface area contributed by atoms with Gasteiger partial charge in [0.1, 0.15) is 0 Å². The van der Waals surface area contributed by atoms with E-state index >= 15 is 0 Å². The number of amides is 1. The Kier molecular flexibility index (Phi) is 5.81. The molecule has 0 saturated carbocycles. The molecule has 0 aliphatic carbocycles. The van der Waals surface area contributed by atoms with Crippen molar-refractivity contribution in [1.29, 1.82) is 0 Å². The number of hydrogen-bond donors (Lipinski definition) is 0. The van der Waals surface area contributed by atoms with Gasteiger partial charge in [0.2, 0.25) is 0 Å². The van der Waals surface area contributed by atoms with Crippen LogP contribution in [0.25, 0.3) is 0 Å². The largest absolute Gasteiger partial charge is 0.493 e. The molecule has 138 valence electrons. The van der Waals surface area contributed by atoms with Gasteiger partial charge in [-0.1, -0.05) is 12.1 Å². The van der Waals surface area contributed by atoms with Crippen molar-refractivity contribution in [3.63, 3.8) is 0 Å². The molecule has 2 atom stereocenters. The van der Waals surface area contributed by atoms with Crippen LogP contribution < -0.4 is 9.47 Å². The molecule has 2 saturated heterocycles. The number of carbonyl (C=O) groups is 1. The lowest BCUT2D eigenvalue weighted by molar-refractivity contribution is -0.141. The minimum atomic E-state index is -0.252. The summed E-state index contributed by atoms with van der Waals surface area (Å²) in [4.78, 5) is 14.4. The van der Waals surface area contributed by atoms with Gasteiger partial charge >= 0.3 is 0 Å². The summed E-state index contributed by atoms with van der Waals surface area (Å²) in [7, 11) is 1.59. The number of piperidine rings is 1. The minimum absolute atomic E-state index is 0.00530. The zero-order chi connectivity index (χ0) is 17.7. The second-order valence-corrected chi connectivity index (χ2v) is 6.63. The van der Waals surface area contributed by atoms with Gasteiger partial charge in [-0.05, 0) is 31.9 Å². The molecule has 2 fully saturated rings. The third-order valence-electron chi connectivity index (χ3n) is 4.89. The highest BCUT2D eigenvalue weighted by molar-refractivity contribution is 5.78. The second kappa shape index (κ2) is 8.06. The molecule has 1 spiro atoms. The van der Waals surface area contributed by atoms with E-state index in [-0.39, 0.29) is 24.2 Å². The van der Waals surface area contributed by atoms with Crippen LogP contribution in [0, 0.1) is 0 Å². The summed E-state index contributed by atoms with van der Waals surface area (Å²) < 4.78 is 22.7. The van der Waals surface area contributed by atoms with Crippen LogP contribution in [0.5, 0.6) is 11.5 Å². The molecule has 3 rings (SSSR count). The smallest absolute Gasteiger partial charge is 0.260 e. The van der Waals surface area contributed by atoms with E-state index in [1.165, 1.54) is 0 Å². The first-order valence-electron chi connectivity index (χ1n) is 8.95. The Morgan fingerprint density at radius 2 is 2.16 bits per heavy atom. The molecule has 1 aromatic carbocycles. The molecule has 0 unspecified atom stereocenters. The lowest BCUT2D eigenvalue weighted by Crippen LogP contribution is -2.51. The molecule has 25 heavy (non-hydrogen) atoms. The topological polar surface area (TPSA) is 57.2 Å². The highest BCUT2D eigenvalue weighted by atomic mass is 16.6. The Morgan fingerprint density at radius 1 is 1.36 bits per heavy atom. The summed E-state index contributed by atoms with van der Waals surface area (Å²) in [5.74, 6) is 1.19. The van der Waals surface area contributed by atoms with Crippen LogP contribution in [-0.4, -0.2) is 62.5 Å². The molecule has 6 nitrogen and oxygen atoms in total. The first-order valence-corrected chi connectivity index (χ1v) is 8.95. The Hall–Kier alpha value is -1.79. The minimum Gasteiger partial charge on any atom is -0.493 e. The van der Waals surface area contributed by atoms with E-state index in [2.05, 4.69) is 0 Å². The van der Waals surface area contributed by atoms with Crippen LogP contribution in [-0.2, 0) is 14.3 Å². The summed E-state index contributed by atoms with van der Waals surface area (Å²) in [6, 6.07) is 7.35. The van der Waals surface area contributed by atoms with Crippen molar-refractivity contribution in [2.45, 2.75) is 37.9 Å². The standard InChI is InChI=1S/C19H27NO5/c1-3-23-15-11-19(25-12-15)9-6-10-20(14-19)18(21)13-24-17-8-5-4-7-16(17)22-2/h4-5,7-8,15H,3,6,9-14H2,1-2H3/t15-,19+/m1/s1. The van der Waals surface area contributed by atoms with E-state index in [4.69, 9.17) is 18.9 Å². The number of nitrogens with zero attached hydrogens (tertiary/aromatic N) is 1. The maximum absolute atomic E-state index is 12.6. The zero-order valence-electron chi connectivity index (χ0n) is 15.0. The van der Waals surface area contributed by atoms with Gasteiger partial charge in [0, 0.05) is 26.1 Å². The summed E-state index contributed by atoms with van der Waals surface area (Å²) in [5, 5.41) is 0. The van der Waals surface area contributed by atoms with Gasteiger partial charge in [0.05, 0.1) is 25.4 Å². The average molecular weight is 349 g/mol. The van der Waals surface area contributed by atoms with Crippen molar-refractivity contribution in [3.8, 4) is 11.5 Å². The SMILES string of the molecule is CCO[C@H]1CO[C@@]2(CCCN(C(=O)COc3ccccc3OC)C2)C1. The van der Waals surface area contributed by atoms with Gasteiger partial charge in [-0.15, -0.1) is 0 Å². The van der Waals surface area contributed by atoms with Crippen LogP contribution in [0.15, 0.2) is 24.3 Å². The molecule has 1 amide bonds. The molecule has 6 heteroatoms. The Labute approximate surface area is 149 Å². The molecule has 2 heterocycles. The highest BCUT2D eigenvalue weighted by Crippen LogP contribution is 2.36. The first kappa shape index (κ1) is 18.0. The van der Waals surface area contributed by atoms with E-state index in [9.17, 15) is 4.79 Å². The van der Waals surface area contributed by atoms with Gasteiger partial charge < -0.3 is 23.8 Å². The Balaban J connectivity index is 1.55. The van der Waals surface area contributed by atoms with E-state index in [0.717, 1.165) is 25.8 Å². The van der Waals surface area contributed by atoms with Crippen molar-refractivity contribution in [2.75, 3.05) is 40.0 Å². The molecule has 0 N–H and O–H groups in total. The maximum atomic E-state index is 12.6. The molecule has 1 aromatic rings. The van der Waals surface area contributed by atoms with E-state index < -0.39 is 0 Å². The summed E-state index contributed by atoms with van der Waals surface area (Å²) in [6.45, 7) is 4.68. The maximum Gasteiger partial charge on any atom is 0.260 e. The fraction of sp³-hybridized carbons (Fsp3) is 0.632. The molecule has 2 aliphatic heterocycles. The summed E-state index contributed by atoms with van der Waals surface area (Å²) >= 11 is 0. The summed E-state index contributed by atoms with van der Waals surface area (Å²) in [6.07, 6.45) is 2.93. The van der Waals surface area contributed by atoms with Gasteiger partial charge in [0.25, 0.3) is 5.91 Å². The number of rotatable bonds is 6. The van der Waals surface area contributed by atoms with Crippen LogP contribution in [0.4, 0.5) is 0 Å². The molecule has 0 radical (unpaired) electrons. The number of likely N-dealkylation sites (tertiary alicyclic amines) is 1. The highest BCUT2D eigenvalue weighted by Gasteiger charge is 2.44. The lowest BCUT2D eigenvalue weighted by Gasteiger charge is -2.39. The van der Waals surface area contributed by atoms with Crippen LogP contribution in [0.2, 0.25) is 0 Å². The van der Waals surface area contributed by atoms with Gasteiger partial charge in [-0.3, -0.25) is 4.79 Å². The first-order chi connectivity index (χ1) is 12.2. The molecule has 2 aliphatic rings. The van der Waals surface area contributed by atoms with Crippen LogP contribution >= 0.6 is 0 Å². The van der Waals surface area contributed by atoms with Crippen molar-refractivity contribution in [1.82, 2.24) is 4.90 Å². The number of hydrogen-bond acceptors (Lipinski definition) is 5. The van der Waals surface area contributed by atoms with Crippen LogP contribution in [0.1, 0.15) is 26.2 Å². The zero-order valence-corrected chi connectivity index (χ0v) is 15.0. The van der Waals surface area contributed by atoms with Crippen molar-refractivity contribution in [2.24, 2.45) is 0 Å². The van der Waals surface area contributed by atoms with E-state index in [1.54, 1.807) is 13.2 Å². The Bertz CT molecular complexity index is 593. The third kappa shape index (κ3) is 4.25.